The summed E-state index contributed by atoms with van der Waals surface area (Å²) < 4.78 is 22.7. The molecule has 1 spiro atoms. The Morgan fingerprint density at radius 2 is 2.04 bits per heavy atom. The molecule has 3 heterocycles. The van der Waals surface area contributed by atoms with E-state index < -0.39 is 36.2 Å². The molecule has 3 N–H and O–H groups in total. The largest absolute Gasteiger partial charge is 0.507 e. The van der Waals surface area contributed by atoms with Crippen molar-refractivity contribution >= 4 is 5.97 Å². The van der Waals surface area contributed by atoms with Gasteiger partial charge in [0, 0.05) is 24.5 Å². The number of esters is 1. The van der Waals surface area contributed by atoms with Crippen LogP contribution in [0.5, 0.6) is 11.5 Å². The van der Waals surface area contributed by atoms with Crippen LogP contribution in [0.2, 0.25) is 0 Å². The molecule has 1 aromatic carbocycles. The summed E-state index contributed by atoms with van der Waals surface area (Å²) in [5.41, 5.74) is 0.501. The van der Waals surface area contributed by atoms with Crippen molar-refractivity contribution in [2.45, 2.75) is 68.9 Å². The zero-order valence-corrected chi connectivity index (χ0v) is 15.3. The van der Waals surface area contributed by atoms with Gasteiger partial charge in [0.25, 0.3) is 0 Å². The molecule has 8 nitrogen and oxygen atoms in total. The van der Waals surface area contributed by atoms with Gasteiger partial charge in [-0.3, -0.25) is 0 Å². The lowest BCUT2D eigenvalue weighted by atomic mass is 9.86. The first-order valence-corrected chi connectivity index (χ1v) is 9.18. The minimum atomic E-state index is -1.34. The Labute approximate surface area is 156 Å². The molecule has 27 heavy (non-hydrogen) atoms. The van der Waals surface area contributed by atoms with E-state index in [-0.39, 0.29) is 23.8 Å². The normalized spacial score (nSPS) is 38.5. The van der Waals surface area contributed by atoms with Gasteiger partial charge in [-0.2, -0.15) is 0 Å². The van der Waals surface area contributed by atoms with Gasteiger partial charge in [-0.25, -0.2) is 4.79 Å². The standard InChI is InChI=1S/C19H24O8/c1-9-4-3-5-19(26-9)17(22)13(21)8-14(27-19)16-11-6-10(24-2)7-12(20)15(11)18(23)25-16/h6-7,9,13-14,16-17,20-22H,3-5,8H2,1-2H3. The number of hydrogen-bond acceptors (Lipinski definition) is 8. The van der Waals surface area contributed by atoms with Crippen LogP contribution in [0, 0.1) is 0 Å². The average Bonchev–Trinajstić information content (AvgIpc) is 2.96. The topological polar surface area (TPSA) is 115 Å². The van der Waals surface area contributed by atoms with E-state index in [1.54, 1.807) is 6.07 Å². The molecule has 0 saturated carbocycles. The Morgan fingerprint density at radius 3 is 2.74 bits per heavy atom. The van der Waals surface area contributed by atoms with Crippen LogP contribution in [-0.4, -0.2) is 58.6 Å². The van der Waals surface area contributed by atoms with Crippen molar-refractivity contribution in [2.24, 2.45) is 0 Å². The Kier molecular flexibility index (Phi) is 4.54. The zero-order chi connectivity index (χ0) is 19.3. The van der Waals surface area contributed by atoms with E-state index in [0.717, 1.165) is 12.8 Å². The van der Waals surface area contributed by atoms with E-state index in [1.165, 1.54) is 13.2 Å². The van der Waals surface area contributed by atoms with E-state index in [9.17, 15) is 20.1 Å². The molecule has 0 radical (unpaired) electrons. The number of benzene rings is 1. The van der Waals surface area contributed by atoms with Crippen molar-refractivity contribution in [3.05, 3.63) is 23.3 Å². The quantitative estimate of drug-likeness (QED) is 0.660. The SMILES string of the molecule is COc1cc(O)c2c(c1)C(C1CC(O)C(O)C3(CCCC(C)O3)O1)OC2=O. The molecule has 8 heteroatoms. The molecule has 2 saturated heterocycles. The number of cyclic esters (lactones) is 1. The molecule has 2 fully saturated rings. The number of carbonyl (C=O) groups excluding carboxylic acids is 1. The fourth-order valence-electron chi connectivity index (χ4n) is 4.32. The molecule has 148 valence electrons. The summed E-state index contributed by atoms with van der Waals surface area (Å²) in [6.07, 6.45) is -1.85. The highest BCUT2D eigenvalue weighted by Gasteiger charge is 2.55. The number of aromatic hydroxyl groups is 1. The lowest BCUT2D eigenvalue weighted by Gasteiger charge is -2.50. The van der Waals surface area contributed by atoms with Gasteiger partial charge in [0.2, 0.25) is 0 Å². The summed E-state index contributed by atoms with van der Waals surface area (Å²) in [7, 11) is 1.46. The number of aliphatic hydroxyl groups is 2. The fraction of sp³-hybridized carbons (Fsp3) is 0.632. The molecule has 0 amide bonds. The molecule has 0 aliphatic carbocycles. The minimum Gasteiger partial charge on any atom is -0.507 e. The van der Waals surface area contributed by atoms with E-state index in [2.05, 4.69) is 0 Å². The van der Waals surface area contributed by atoms with E-state index >= 15 is 0 Å². The lowest BCUT2D eigenvalue weighted by Crippen LogP contribution is -2.62. The van der Waals surface area contributed by atoms with Crippen LogP contribution < -0.4 is 4.74 Å². The third-order valence-electron chi connectivity index (χ3n) is 5.62. The summed E-state index contributed by atoms with van der Waals surface area (Å²) in [4.78, 5) is 12.3. The maximum absolute atomic E-state index is 12.3. The number of aliphatic hydroxyl groups excluding tert-OH is 2. The fourth-order valence-corrected chi connectivity index (χ4v) is 4.32. The molecule has 3 aliphatic rings. The number of fused-ring (bicyclic) bond motifs is 1. The van der Waals surface area contributed by atoms with Crippen molar-refractivity contribution in [3.63, 3.8) is 0 Å². The summed E-state index contributed by atoms with van der Waals surface area (Å²) in [5, 5.41) is 31.2. The summed E-state index contributed by atoms with van der Waals surface area (Å²) in [6.45, 7) is 1.89. The molecular formula is C19H24O8. The van der Waals surface area contributed by atoms with Gasteiger partial charge in [0.1, 0.15) is 29.3 Å². The molecule has 0 bridgehead atoms. The van der Waals surface area contributed by atoms with Gasteiger partial charge in [-0.05, 0) is 25.8 Å². The van der Waals surface area contributed by atoms with Crippen molar-refractivity contribution < 1.29 is 39.1 Å². The number of phenols is 1. The predicted molar refractivity (Wildman–Crippen MR) is 91.4 cm³/mol. The van der Waals surface area contributed by atoms with Crippen LogP contribution in [0.3, 0.4) is 0 Å². The van der Waals surface area contributed by atoms with Gasteiger partial charge in [0.15, 0.2) is 11.9 Å². The van der Waals surface area contributed by atoms with Crippen molar-refractivity contribution in [2.75, 3.05) is 7.11 Å². The first kappa shape index (κ1) is 18.5. The molecular weight excluding hydrogens is 356 g/mol. The van der Waals surface area contributed by atoms with Gasteiger partial charge in [-0.1, -0.05) is 0 Å². The number of hydrogen-bond donors (Lipinski definition) is 3. The highest BCUT2D eigenvalue weighted by Crippen LogP contribution is 2.47. The monoisotopic (exact) mass is 380 g/mol. The third kappa shape index (κ3) is 2.97. The molecule has 4 rings (SSSR count). The second kappa shape index (κ2) is 6.63. The van der Waals surface area contributed by atoms with Gasteiger partial charge < -0.3 is 34.3 Å². The number of methoxy groups -OCH3 is 1. The molecule has 6 unspecified atom stereocenters. The Hall–Kier alpha value is -1.87. The van der Waals surface area contributed by atoms with Crippen LogP contribution >= 0.6 is 0 Å². The second-order valence-electron chi connectivity index (χ2n) is 7.47. The zero-order valence-electron chi connectivity index (χ0n) is 15.3. The maximum atomic E-state index is 12.3. The van der Waals surface area contributed by atoms with Crippen molar-refractivity contribution in [3.8, 4) is 11.5 Å². The number of ether oxygens (including phenoxy) is 4. The number of carbonyl (C=O) groups is 1. The van der Waals surface area contributed by atoms with Gasteiger partial charge in [-0.15, -0.1) is 0 Å². The van der Waals surface area contributed by atoms with Gasteiger partial charge in [0.05, 0.1) is 19.3 Å². The Morgan fingerprint density at radius 1 is 1.26 bits per heavy atom. The van der Waals surface area contributed by atoms with Crippen LogP contribution in [0.4, 0.5) is 0 Å². The maximum Gasteiger partial charge on any atom is 0.343 e. The summed E-state index contributed by atoms with van der Waals surface area (Å²) >= 11 is 0. The molecule has 3 aliphatic heterocycles. The van der Waals surface area contributed by atoms with Crippen molar-refractivity contribution in [1.82, 2.24) is 0 Å². The molecule has 6 atom stereocenters. The Bertz CT molecular complexity index is 749. The first-order valence-electron chi connectivity index (χ1n) is 9.18. The second-order valence-corrected chi connectivity index (χ2v) is 7.47. The minimum absolute atomic E-state index is 0.0655. The summed E-state index contributed by atoms with van der Waals surface area (Å²) in [5.74, 6) is -1.85. The first-order chi connectivity index (χ1) is 12.8. The smallest absolute Gasteiger partial charge is 0.343 e. The van der Waals surface area contributed by atoms with E-state index in [0.29, 0.717) is 17.7 Å². The number of phenolic OH excluding ortho intramolecular Hbond substituents is 1. The predicted octanol–water partition coefficient (Wildman–Crippen LogP) is 1.41. The highest BCUT2D eigenvalue weighted by atomic mass is 16.7. The van der Waals surface area contributed by atoms with Crippen LogP contribution in [0.25, 0.3) is 0 Å². The van der Waals surface area contributed by atoms with E-state index in [4.69, 9.17) is 18.9 Å². The van der Waals surface area contributed by atoms with Crippen molar-refractivity contribution in [1.29, 1.82) is 0 Å². The highest BCUT2D eigenvalue weighted by molar-refractivity contribution is 5.97. The van der Waals surface area contributed by atoms with Crippen LogP contribution in [0.15, 0.2) is 12.1 Å². The Balaban J connectivity index is 1.69. The van der Waals surface area contributed by atoms with Crippen LogP contribution in [-0.2, 0) is 14.2 Å². The summed E-state index contributed by atoms with van der Waals surface area (Å²) in [6, 6.07) is 2.96. The van der Waals surface area contributed by atoms with Crippen LogP contribution in [0.1, 0.15) is 54.6 Å². The third-order valence-corrected chi connectivity index (χ3v) is 5.62. The molecule has 1 aromatic rings. The molecule has 0 aromatic heterocycles. The lowest BCUT2D eigenvalue weighted by molar-refractivity contribution is -0.372. The van der Waals surface area contributed by atoms with E-state index in [1.807, 2.05) is 6.92 Å². The van der Waals surface area contributed by atoms with Gasteiger partial charge >= 0.3 is 5.97 Å². The average molecular weight is 380 g/mol. The number of rotatable bonds is 2.